The summed E-state index contributed by atoms with van der Waals surface area (Å²) in [6.45, 7) is 1.97. The van der Waals surface area contributed by atoms with Crippen molar-refractivity contribution in [1.82, 2.24) is 19.4 Å². The van der Waals surface area contributed by atoms with Crippen molar-refractivity contribution in [3.05, 3.63) is 54.1 Å². The van der Waals surface area contributed by atoms with E-state index in [9.17, 15) is 4.79 Å². The molecule has 5 heteroatoms. The number of hydrogen-bond acceptors (Lipinski definition) is 3. The number of fused-ring (bicyclic) bond motifs is 3. The maximum atomic E-state index is 10.8. The van der Waals surface area contributed by atoms with Crippen LogP contribution in [0.4, 0.5) is 0 Å². The number of aryl methyl sites for hydroxylation is 1. The van der Waals surface area contributed by atoms with Gasteiger partial charge >= 0.3 is 0 Å². The van der Waals surface area contributed by atoms with Gasteiger partial charge in [0.05, 0.1) is 22.9 Å². The smallest absolute Gasteiger partial charge is 0.154 e. The molecule has 0 radical (unpaired) electrons. The van der Waals surface area contributed by atoms with E-state index < -0.39 is 0 Å². The van der Waals surface area contributed by atoms with Crippen molar-refractivity contribution >= 4 is 23.0 Å². The number of hydrogen-bond donors (Lipinski definition) is 1. The SMILES string of the molecule is Cc1nc(-c2ccc(C=O)cc2)c2cnc3[nH]ccc3n12. The molecule has 3 aromatic heterocycles. The van der Waals surface area contributed by atoms with Crippen LogP contribution in [0.2, 0.25) is 0 Å². The van der Waals surface area contributed by atoms with Gasteiger partial charge in [0.2, 0.25) is 0 Å². The van der Waals surface area contributed by atoms with E-state index in [-0.39, 0.29) is 0 Å². The van der Waals surface area contributed by atoms with Gasteiger partial charge in [-0.25, -0.2) is 9.97 Å². The van der Waals surface area contributed by atoms with Gasteiger partial charge in [-0.2, -0.15) is 0 Å². The molecule has 102 valence electrons. The Hall–Kier alpha value is -2.95. The Morgan fingerprint density at radius 1 is 1.14 bits per heavy atom. The fourth-order valence-corrected chi connectivity index (χ4v) is 2.67. The monoisotopic (exact) mass is 276 g/mol. The zero-order valence-corrected chi connectivity index (χ0v) is 11.4. The zero-order valence-electron chi connectivity index (χ0n) is 11.4. The van der Waals surface area contributed by atoms with Gasteiger partial charge in [0.1, 0.15) is 12.1 Å². The van der Waals surface area contributed by atoms with Crippen LogP contribution in [0.3, 0.4) is 0 Å². The lowest BCUT2D eigenvalue weighted by atomic mass is 10.1. The summed E-state index contributed by atoms with van der Waals surface area (Å²) in [5, 5.41) is 0. The van der Waals surface area contributed by atoms with Gasteiger partial charge in [-0.15, -0.1) is 0 Å². The molecule has 0 aliphatic carbocycles. The van der Waals surface area contributed by atoms with Crippen molar-refractivity contribution < 1.29 is 4.79 Å². The first-order valence-electron chi connectivity index (χ1n) is 6.64. The molecule has 0 amide bonds. The fourth-order valence-electron chi connectivity index (χ4n) is 2.67. The van der Waals surface area contributed by atoms with Gasteiger partial charge < -0.3 is 4.98 Å². The summed E-state index contributed by atoms with van der Waals surface area (Å²) in [5.41, 5.74) is 5.31. The Bertz CT molecular complexity index is 963. The van der Waals surface area contributed by atoms with Crippen LogP contribution in [-0.2, 0) is 0 Å². The minimum Gasteiger partial charge on any atom is -0.345 e. The topological polar surface area (TPSA) is 63.0 Å². The van der Waals surface area contributed by atoms with Crippen LogP contribution in [-0.4, -0.2) is 25.6 Å². The summed E-state index contributed by atoms with van der Waals surface area (Å²) < 4.78 is 2.09. The summed E-state index contributed by atoms with van der Waals surface area (Å²) in [6, 6.07) is 9.40. The zero-order chi connectivity index (χ0) is 14.4. The highest BCUT2D eigenvalue weighted by Gasteiger charge is 2.13. The second-order valence-electron chi connectivity index (χ2n) is 4.94. The van der Waals surface area contributed by atoms with Crippen molar-refractivity contribution in [1.29, 1.82) is 0 Å². The number of benzene rings is 1. The molecule has 1 N–H and O–H groups in total. The van der Waals surface area contributed by atoms with Crippen molar-refractivity contribution in [2.45, 2.75) is 6.92 Å². The molecule has 4 rings (SSSR count). The Morgan fingerprint density at radius 3 is 2.71 bits per heavy atom. The lowest BCUT2D eigenvalue weighted by molar-refractivity contribution is 0.112. The van der Waals surface area contributed by atoms with E-state index in [1.807, 2.05) is 37.5 Å². The molecule has 5 nitrogen and oxygen atoms in total. The molecule has 0 saturated heterocycles. The van der Waals surface area contributed by atoms with Gasteiger partial charge in [-0.3, -0.25) is 9.20 Å². The Balaban J connectivity index is 2.02. The van der Waals surface area contributed by atoms with Crippen molar-refractivity contribution in [2.24, 2.45) is 0 Å². The third kappa shape index (κ3) is 1.67. The van der Waals surface area contributed by atoms with Gasteiger partial charge in [-0.05, 0) is 13.0 Å². The fraction of sp³-hybridized carbons (Fsp3) is 0.0625. The highest BCUT2D eigenvalue weighted by molar-refractivity contribution is 5.85. The number of carbonyl (C=O) groups excluding carboxylic acids is 1. The Labute approximate surface area is 120 Å². The first-order chi connectivity index (χ1) is 10.3. The number of imidazole rings is 1. The third-order valence-corrected chi connectivity index (χ3v) is 3.66. The van der Waals surface area contributed by atoms with Crippen LogP contribution >= 0.6 is 0 Å². The lowest BCUT2D eigenvalue weighted by Crippen LogP contribution is -1.91. The number of H-pyrrole nitrogens is 1. The van der Waals surface area contributed by atoms with Gasteiger partial charge in [0, 0.05) is 17.3 Å². The van der Waals surface area contributed by atoms with Gasteiger partial charge in [0.15, 0.2) is 5.65 Å². The molecule has 0 spiro atoms. The second-order valence-corrected chi connectivity index (χ2v) is 4.94. The number of rotatable bonds is 2. The maximum absolute atomic E-state index is 10.8. The van der Waals surface area contributed by atoms with Crippen LogP contribution in [0.15, 0.2) is 42.7 Å². The molecule has 0 aliphatic heterocycles. The largest absolute Gasteiger partial charge is 0.345 e. The molecule has 0 fully saturated rings. The summed E-state index contributed by atoms with van der Waals surface area (Å²) >= 11 is 0. The summed E-state index contributed by atoms with van der Waals surface area (Å²) in [5.74, 6) is 0.909. The molecule has 3 heterocycles. The van der Waals surface area contributed by atoms with Gasteiger partial charge in [0.25, 0.3) is 0 Å². The van der Waals surface area contributed by atoms with Crippen LogP contribution in [0, 0.1) is 6.92 Å². The summed E-state index contributed by atoms with van der Waals surface area (Å²) in [6.07, 6.45) is 4.53. The quantitative estimate of drug-likeness (QED) is 0.572. The van der Waals surface area contributed by atoms with Gasteiger partial charge in [-0.1, -0.05) is 24.3 Å². The predicted molar refractivity (Wildman–Crippen MR) is 80.4 cm³/mol. The average Bonchev–Trinajstić information content (AvgIpc) is 3.11. The molecule has 4 aromatic rings. The van der Waals surface area contributed by atoms with E-state index in [1.165, 1.54) is 0 Å². The molecule has 0 atom stereocenters. The summed E-state index contributed by atoms with van der Waals surface area (Å²) in [7, 11) is 0. The van der Waals surface area contributed by atoms with E-state index in [4.69, 9.17) is 0 Å². The molecule has 0 aliphatic rings. The molecule has 0 saturated carbocycles. The minimum atomic E-state index is 0.658. The van der Waals surface area contributed by atoms with E-state index in [0.29, 0.717) is 5.56 Å². The molecule has 1 aromatic carbocycles. The number of nitrogens with one attached hydrogen (secondary N) is 1. The third-order valence-electron chi connectivity index (χ3n) is 3.66. The van der Waals surface area contributed by atoms with Crippen molar-refractivity contribution in [3.8, 4) is 11.3 Å². The number of carbonyl (C=O) groups is 1. The minimum absolute atomic E-state index is 0.658. The number of aldehydes is 1. The average molecular weight is 276 g/mol. The number of nitrogens with zero attached hydrogens (tertiary/aromatic N) is 3. The van der Waals surface area contributed by atoms with Crippen LogP contribution in [0.5, 0.6) is 0 Å². The Kier molecular flexibility index (Phi) is 2.41. The van der Waals surface area contributed by atoms with Crippen molar-refractivity contribution in [2.75, 3.05) is 0 Å². The predicted octanol–water partition coefficient (Wildman–Crippen LogP) is 3.00. The highest BCUT2D eigenvalue weighted by atomic mass is 16.1. The van der Waals surface area contributed by atoms with Crippen LogP contribution < -0.4 is 0 Å². The van der Waals surface area contributed by atoms with E-state index >= 15 is 0 Å². The van der Waals surface area contributed by atoms with Crippen LogP contribution in [0.25, 0.3) is 27.9 Å². The van der Waals surface area contributed by atoms with E-state index in [0.717, 1.165) is 40.0 Å². The second kappa shape index (κ2) is 4.28. The lowest BCUT2D eigenvalue weighted by Gasteiger charge is -2.00. The number of aromatic nitrogens is 4. The highest BCUT2D eigenvalue weighted by Crippen LogP contribution is 2.27. The first kappa shape index (κ1) is 11.8. The van der Waals surface area contributed by atoms with Crippen molar-refractivity contribution in [3.63, 3.8) is 0 Å². The maximum Gasteiger partial charge on any atom is 0.154 e. The molecule has 0 unspecified atom stereocenters. The molecular weight excluding hydrogens is 264 g/mol. The van der Waals surface area contributed by atoms with E-state index in [2.05, 4.69) is 19.4 Å². The first-order valence-corrected chi connectivity index (χ1v) is 6.64. The normalized spacial score (nSPS) is 11.3. The molecular formula is C16H12N4O. The Morgan fingerprint density at radius 2 is 1.95 bits per heavy atom. The van der Waals surface area contributed by atoms with Crippen LogP contribution in [0.1, 0.15) is 16.2 Å². The summed E-state index contributed by atoms with van der Waals surface area (Å²) in [4.78, 5) is 23.0. The molecule has 21 heavy (non-hydrogen) atoms. The molecule has 0 bridgehead atoms. The standard InChI is InChI=1S/C16H12N4O/c1-10-19-15(12-4-2-11(9-21)3-5-12)14-8-18-16-13(20(10)14)6-7-17-16/h2-9,17H,1H3. The number of aromatic amines is 1. The van der Waals surface area contributed by atoms with E-state index in [1.54, 1.807) is 12.1 Å².